The molecule has 0 fully saturated rings. The minimum Gasteiger partial charge on any atom is -0.306 e. The number of aromatic nitrogens is 2. The molecule has 1 aromatic carbocycles. The zero-order chi connectivity index (χ0) is 15.2. The van der Waals surface area contributed by atoms with E-state index in [0.29, 0.717) is 18.7 Å². The average Bonchev–Trinajstić information content (AvgIpc) is 2.89. The van der Waals surface area contributed by atoms with Crippen molar-refractivity contribution in [1.29, 1.82) is 5.26 Å². The monoisotopic (exact) mass is 282 g/mol. The number of aryl methyl sites for hydroxylation is 2. The Labute approximate surface area is 124 Å². The number of nitriles is 1. The topological polar surface area (TPSA) is 61.9 Å². The number of hydrogen-bond donors (Lipinski definition) is 0. The molecule has 0 unspecified atom stereocenters. The van der Waals surface area contributed by atoms with Crippen LogP contribution in [0.2, 0.25) is 0 Å². The summed E-state index contributed by atoms with van der Waals surface area (Å²) in [5.41, 5.74) is 2.21. The molecule has 0 radical (unpaired) electrons. The number of benzene rings is 1. The van der Waals surface area contributed by atoms with Gasteiger partial charge in [-0.1, -0.05) is 25.1 Å². The zero-order valence-corrected chi connectivity index (χ0v) is 12.3. The van der Waals surface area contributed by atoms with Crippen LogP contribution in [0.15, 0.2) is 36.4 Å². The van der Waals surface area contributed by atoms with E-state index in [2.05, 4.69) is 11.2 Å². The van der Waals surface area contributed by atoms with Crippen LogP contribution in [0.3, 0.4) is 0 Å². The molecule has 0 aliphatic heterocycles. The van der Waals surface area contributed by atoms with E-state index in [4.69, 9.17) is 5.26 Å². The highest BCUT2D eigenvalue weighted by Gasteiger charge is 2.21. The molecule has 0 spiro atoms. The van der Waals surface area contributed by atoms with Crippen LogP contribution < -0.4 is 4.90 Å². The lowest BCUT2D eigenvalue weighted by atomic mass is 10.2. The van der Waals surface area contributed by atoms with E-state index < -0.39 is 0 Å². The van der Waals surface area contributed by atoms with Gasteiger partial charge in [-0.3, -0.25) is 9.48 Å². The van der Waals surface area contributed by atoms with Crippen molar-refractivity contribution in [3.8, 4) is 6.07 Å². The van der Waals surface area contributed by atoms with Gasteiger partial charge in [0.25, 0.3) is 5.91 Å². The summed E-state index contributed by atoms with van der Waals surface area (Å²) in [6.45, 7) is 2.37. The summed E-state index contributed by atoms with van der Waals surface area (Å²) < 4.78 is 1.60. The molecular formula is C16H18N4O. The van der Waals surface area contributed by atoms with Crippen LogP contribution in [-0.4, -0.2) is 22.2 Å². The SMILES string of the molecule is CCc1cc(C(=O)N(CCC#N)c2ccccc2)n(C)n1. The first-order chi connectivity index (χ1) is 10.2. The minimum atomic E-state index is -0.133. The Balaban J connectivity index is 2.34. The number of amides is 1. The highest BCUT2D eigenvalue weighted by atomic mass is 16.2. The molecular weight excluding hydrogens is 264 g/mol. The Morgan fingerprint density at radius 3 is 2.67 bits per heavy atom. The van der Waals surface area contributed by atoms with Crippen LogP contribution in [0.25, 0.3) is 0 Å². The normalized spacial score (nSPS) is 10.1. The van der Waals surface area contributed by atoms with Gasteiger partial charge >= 0.3 is 0 Å². The summed E-state index contributed by atoms with van der Waals surface area (Å²) in [5, 5.41) is 13.1. The van der Waals surface area contributed by atoms with Gasteiger partial charge in [-0.05, 0) is 24.6 Å². The van der Waals surface area contributed by atoms with E-state index >= 15 is 0 Å². The van der Waals surface area contributed by atoms with E-state index in [-0.39, 0.29) is 5.91 Å². The van der Waals surface area contributed by atoms with Crippen molar-refractivity contribution in [2.45, 2.75) is 19.8 Å². The van der Waals surface area contributed by atoms with Gasteiger partial charge in [0, 0.05) is 19.3 Å². The fourth-order valence-corrected chi connectivity index (χ4v) is 2.16. The number of rotatable bonds is 5. The molecule has 1 heterocycles. The van der Waals surface area contributed by atoms with Gasteiger partial charge in [0.2, 0.25) is 0 Å². The number of carbonyl (C=O) groups excluding carboxylic acids is 1. The maximum atomic E-state index is 12.8. The summed E-state index contributed by atoms with van der Waals surface area (Å²) in [6.07, 6.45) is 1.07. The summed E-state index contributed by atoms with van der Waals surface area (Å²) in [6, 6.07) is 13.3. The minimum absolute atomic E-state index is 0.133. The zero-order valence-electron chi connectivity index (χ0n) is 12.3. The molecule has 5 heteroatoms. The van der Waals surface area contributed by atoms with Crippen molar-refractivity contribution in [3.05, 3.63) is 47.8 Å². The Morgan fingerprint density at radius 2 is 2.10 bits per heavy atom. The molecule has 0 saturated heterocycles. The molecule has 0 aliphatic rings. The van der Waals surface area contributed by atoms with Gasteiger partial charge in [0.1, 0.15) is 5.69 Å². The van der Waals surface area contributed by atoms with Gasteiger partial charge in [-0.25, -0.2) is 0 Å². The number of hydrogen-bond acceptors (Lipinski definition) is 3. The second kappa shape index (κ2) is 6.71. The van der Waals surface area contributed by atoms with Crippen LogP contribution in [0.4, 0.5) is 5.69 Å². The third-order valence-electron chi connectivity index (χ3n) is 3.27. The molecule has 1 amide bonds. The first-order valence-corrected chi connectivity index (χ1v) is 6.94. The van der Waals surface area contributed by atoms with Crippen molar-refractivity contribution < 1.29 is 4.79 Å². The predicted molar refractivity (Wildman–Crippen MR) is 80.9 cm³/mol. The second-order valence-electron chi connectivity index (χ2n) is 4.70. The van der Waals surface area contributed by atoms with Crippen LogP contribution >= 0.6 is 0 Å². The average molecular weight is 282 g/mol. The van der Waals surface area contributed by atoms with Crippen LogP contribution in [0.1, 0.15) is 29.5 Å². The van der Waals surface area contributed by atoms with Crippen LogP contribution in [0.5, 0.6) is 0 Å². The maximum Gasteiger partial charge on any atom is 0.276 e. The molecule has 0 atom stereocenters. The number of nitrogens with zero attached hydrogens (tertiary/aromatic N) is 4. The highest BCUT2D eigenvalue weighted by Crippen LogP contribution is 2.17. The molecule has 2 aromatic rings. The van der Waals surface area contributed by atoms with Gasteiger partial charge in [-0.15, -0.1) is 0 Å². The van der Waals surface area contributed by atoms with Gasteiger partial charge in [0.15, 0.2) is 0 Å². The van der Waals surface area contributed by atoms with Crippen molar-refractivity contribution in [2.75, 3.05) is 11.4 Å². The van der Waals surface area contributed by atoms with Crippen molar-refractivity contribution in [1.82, 2.24) is 9.78 Å². The molecule has 2 rings (SSSR count). The van der Waals surface area contributed by atoms with Crippen LogP contribution in [-0.2, 0) is 13.5 Å². The third kappa shape index (κ3) is 3.29. The third-order valence-corrected chi connectivity index (χ3v) is 3.27. The van der Waals surface area contributed by atoms with Gasteiger partial charge in [-0.2, -0.15) is 10.4 Å². The lowest BCUT2D eigenvalue weighted by molar-refractivity contribution is 0.0978. The molecule has 108 valence electrons. The molecule has 0 N–H and O–H groups in total. The van der Waals surface area contributed by atoms with E-state index in [1.807, 2.05) is 43.3 Å². The van der Waals surface area contributed by atoms with Crippen LogP contribution in [0, 0.1) is 11.3 Å². The molecule has 0 bridgehead atoms. The van der Waals surface area contributed by atoms with Crippen molar-refractivity contribution in [3.63, 3.8) is 0 Å². The molecule has 21 heavy (non-hydrogen) atoms. The quantitative estimate of drug-likeness (QED) is 0.846. The lowest BCUT2D eigenvalue weighted by Crippen LogP contribution is -2.33. The second-order valence-corrected chi connectivity index (χ2v) is 4.70. The molecule has 0 aliphatic carbocycles. The summed E-state index contributed by atoms with van der Waals surface area (Å²) in [4.78, 5) is 14.4. The Kier molecular flexibility index (Phi) is 4.72. The first-order valence-electron chi connectivity index (χ1n) is 6.94. The largest absolute Gasteiger partial charge is 0.306 e. The maximum absolute atomic E-state index is 12.8. The van der Waals surface area contributed by atoms with E-state index in [1.165, 1.54) is 0 Å². The van der Waals surface area contributed by atoms with E-state index in [1.54, 1.807) is 16.6 Å². The van der Waals surface area contributed by atoms with E-state index in [0.717, 1.165) is 17.8 Å². The van der Waals surface area contributed by atoms with Crippen molar-refractivity contribution >= 4 is 11.6 Å². The number of carbonyl (C=O) groups is 1. The Morgan fingerprint density at radius 1 is 1.38 bits per heavy atom. The first kappa shape index (κ1) is 14.8. The number of anilines is 1. The molecule has 1 aromatic heterocycles. The fourth-order valence-electron chi connectivity index (χ4n) is 2.16. The molecule has 0 saturated carbocycles. The molecule has 5 nitrogen and oxygen atoms in total. The fraction of sp³-hybridized carbons (Fsp3) is 0.312. The smallest absolute Gasteiger partial charge is 0.276 e. The van der Waals surface area contributed by atoms with Gasteiger partial charge in [0.05, 0.1) is 18.2 Å². The Hall–Kier alpha value is -2.61. The summed E-state index contributed by atoms with van der Waals surface area (Å²) in [5.74, 6) is -0.133. The predicted octanol–water partition coefficient (Wildman–Crippen LogP) is 2.54. The number of para-hydroxylation sites is 1. The van der Waals surface area contributed by atoms with Crippen molar-refractivity contribution in [2.24, 2.45) is 7.05 Å². The summed E-state index contributed by atoms with van der Waals surface area (Å²) >= 11 is 0. The van der Waals surface area contributed by atoms with Gasteiger partial charge < -0.3 is 4.90 Å². The summed E-state index contributed by atoms with van der Waals surface area (Å²) in [7, 11) is 1.76. The standard InChI is InChI=1S/C16H18N4O/c1-3-13-12-15(19(2)18-13)16(21)20(11-7-10-17)14-8-5-4-6-9-14/h4-6,8-9,12H,3,7,11H2,1-2H3. The lowest BCUT2D eigenvalue weighted by Gasteiger charge is -2.21. The highest BCUT2D eigenvalue weighted by molar-refractivity contribution is 6.05. The Bertz CT molecular complexity index is 655. The van der Waals surface area contributed by atoms with E-state index in [9.17, 15) is 4.79 Å².